The number of rotatable bonds is 2. The Kier molecular flexibility index (Phi) is 2.68. The van der Waals surface area contributed by atoms with Crippen LogP contribution in [0.15, 0.2) is 24.3 Å². The van der Waals surface area contributed by atoms with Crippen molar-refractivity contribution >= 4 is 0 Å². The zero-order valence-corrected chi connectivity index (χ0v) is 9.45. The first-order valence-electron chi connectivity index (χ1n) is 6.29. The van der Waals surface area contributed by atoms with Crippen LogP contribution in [0.1, 0.15) is 24.8 Å². The highest BCUT2D eigenvalue weighted by Crippen LogP contribution is 2.35. The standard InChI is InChI=1S/C14H18FN/c15-13-4-1-10(2-5-13)7-12-8-11-3-6-14(12)16-9-11/h1-2,4-5,11-12,14,16H,3,6-9H2. The van der Waals surface area contributed by atoms with Gasteiger partial charge in [0.05, 0.1) is 0 Å². The van der Waals surface area contributed by atoms with Crippen molar-refractivity contribution in [3.05, 3.63) is 35.6 Å². The molecule has 3 fully saturated rings. The normalized spacial score (nSPS) is 32.9. The van der Waals surface area contributed by atoms with Crippen LogP contribution >= 0.6 is 0 Å². The van der Waals surface area contributed by atoms with Gasteiger partial charge in [0.2, 0.25) is 0 Å². The second-order valence-corrected chi connectivity index (χ2v) is 5.28. The van der Waals surface area contributed by atoms with Crippen LogP contribution in [0.4, 0.5) is 4.39 Å². The molecule has 16 heavy (non-hydrogen) atoms. The third-order valence-electron chi connectivity index (χ3n) is 4.17. The minimum atomic E-state index is -0.132. The molecule has 2 heteroatoms. The molecule has 0 amide bonds. The predicted octanol–water partition coefficient (Wildman–Crippen LogP) is 2.76. The first-order valence-corrected chi connectivity index (χ1v) is 6.29. The summed E-state index contributed by atoms with van der Waals surface area (Å²) in [6, 6.07) is 7.71. The highest BCUT2D eigenvalue weighted by atomic mass is 19.1. The molecule has 1 aliphatic carbocycles. The topological polar surface area (TPSA) is 12.0 Å². The molecule has 1 aromatic carbocycles. The summed E-state index contributed by atoms with van der Waals surface area (Å²) in [7, 11) is 0. The number of hydrogen-bond acceptors (Lipinski definition) is 1. The van der Waals surface area contributed by atoms with Gasteiger partial charge in [-0.05, 0) is 61.8 Å². The summed E-state index contributed by atoms with van der Waals surface area (Å²) in [6.07, 6.45) is 5.19. The van der Waals surface area contributed by atoms with Crippen LogP contribution in [0.2, 0.25) is 0 Å². The average molecular weight is 219 g/mol. The minimum absolute atomic E-state index is 0.132. The van der Waals surface area contributed by atoms with Gasteiger partial charge in [-0.1, -0.05) is 12.1 Å². The first kappa shape index (κ1) is 10.3. The Hall–Kier alpha value is -0.890. The fraction of sp³-hybridized carbons (Fsp3) is 0.571. The molecule has 2 bridgehead atoms. The Morgan fingerprint density at radius 1 is 1.19 bits per heavy atom. The van der Waals surface area contributed by atoms with E-state index >= 15 is 0 Å². The van der Waals surface area contributed by atoms with E-state index in [0.29, 0.717) is 6.04 Å². The predicted molar refractivity (Wildman–Crippen MR) is 62.7 cm³/mol. The van der Waals surface area contributed by atoms with Crippen molar-refractivity contribution in [1.82, 2.24) is 5.32 Å². The van der Waals surface area contributed by atoms with E-state index < -0.39 is 0 Å². The molecule has 2 aliphatic heterocycles. The quantitative estimate of drug-likeness (QED) is 0.806. The van der Waals surface area contributed by atoms with Gasteiger partial charge in [0.1, 0.15) is 5.82 Å². The van der Waals surface area contributed by atoms with Gasteiger partial charge in [-0.3, -0.25) is 0 Å². The van der Waals surface area contributed by atoms with Crippen molar-refractivity contribution in [1.29, 1.82) is 0 Å². The largest absolute Gasteiger partial charge is 0.313 e. The Balaban J connectivity index is 1.68. The molecule has 86 valence electrons. The Labute approximate surface area is 96.1 Å². The first-order chi connectivity index (χ1) is 7.81. The smallest absolute Gasteiger partial charge is 0.123 e. The number of halogens is 1. The lowest BCUT2D eigenvalue weighted by atomic mass is 9.72. The Morgan fingerprint density at radius 2 is 2.00 bits per heavy atom. The Morgan fingerprint density at radius 3 is 2.56 bits per heavy atom. The molecule has 1 nitrogen and oxygen atoms in total. The van der Waals surface area contributed by atoms with Gasteiger partial charge < -0.3 is 5.32 Å². The van der Waals surface area contributed by atoms with Gasteiger partial charge in [-0.15, -0.1) is 0 Å². The Bertz CT molecular complexity index is 352. The molecule has 3 unspecified atom stereocenters. The number of nitrogens with one attached hydrogen (secondary N) is 1. The van der Waals surface area contributed by atoms with Gasteiger partial charge in [-0.2, -0.15) is 0 Å². The summed E-state index contributed by atoms with van der Waals surface area (Å²) in [6.45, 7) is 1.21. The molecule has 0 spiro atoms. The van der Waals surface area contributed by atoms with Crippen molar-refractivity contribution in [2.24, 2.45) is 11.8 Å². The van der Waals surface area contributed by atoms with Crippen LogP contribution < -0.4 is 5.32 Å². The highest BCUT2D eigenvalue weighted by molar-refractivity contribution is 5.17. The fourth-order valence-electron chi connectivity index (χ4n) is 3.28. The van der Waals surface area contributed by atoms with Gasteiger partial charge >= 0.3 is 0 Å². The highest BCUT2D eigenvalue weighted by Gasteiger charge is 2.34. The van der Waals surface area contributed by atoms with Crippen molar-refractivity contribution in [3.8, 4) is 0 Å². The molecule has 2 heterocycles. The van der Waals surface area contributed by atoms with Gasteiger partial charge in [0.15, 0.2) is 0 Å². The molecule has 0 aromatic heterocycles. The summed E-state index contributed by atoms with van der Waals surface area (Å²) in [5.41, 5.74) is 1.28. The SMILES string of the molecule is Fc1ccc(CC2CC3CCC2NC3)cc1. The maximum atomic E-state index is 12.8. The van der Waals surface area contributed by atoms with E-state index in [4.69, 9.17) is 0 Å². The van der Waals surface area contributed by atoms with E-state index in [1.54, 1.807) is 12.1 Å². The molecule has 3 atom stereocenters. The summed E-state index contributed by atoms with van der Waals surface area (Å²) < 4.78 is 12.8. The van der Waals surface area contributed by atoms with Gasteiger partial charge in [0, 0.05) is 6.04 Å². The summed E-state index contributed by atoms with van der Waals surface area (Å²) in [5, 5.41) is 3.63. The van der Waals surface area contributed by atoms with E-state index in [1.807, 2.05) is 12.1 Å². The van der Waals surface area contributed by atoms with Crippen LogP contribution in [0.25, 0.3) is 0 Å². The monoisotopic (exact) mass is 219 g/mol. The van der Waals surface area contributed by atoms with E-state index in [-0.39, 0.29) is 5.82 Å². The zero-order chi connectivity index (χ0) is 11.0. The van der Waals surface area contributed by atoms with Crippen LogP contribution in [0.5, 0.6) is 0 Å². The maximum Gasteiger partial charge on any atom is 0.123 e. The molecular formula is C14H18FN. The fourth-order valence-corrected chi connectivity index (χ4v) is 3.28. The van der Waals surface area contributed by atoms with Crippen LogP contribution in [0, 0.1) is 17.7 Å². The van der Waals surface area contributed by atoms with Crippen molar-refractivity contribution in [3.63, 3.8) is 0 Å². The zero-order valence-electron chi connectivity index (χ0n) is 9.45. The number of hydrogen-bond donors (Lipinski definition) is 1. The number of piperidine rings is 2. The molecular weight excluding hydrogens is 201 g/mol. The second-order valence-electron chi connectivity index (χ2n) is 5.28. The third kappa shape index (κ3) is 1.99. The summed E-state index contributed by atoms with van der Waals surface area (Å²) in [5.74, 6) is 1.51. The van der Waals surface area contributed by atoms with Crippen LogP contribution in [-0.2, 0) is 6.42 Å². The lowest BCUT2D eigenvalue weighted by molar-refractivity contribution is 0.137. The molecule has 1 aromatic rings. The van der Waals surface area contributed by atoms with Crippen molar-refractivity contribution < 1.29 is 4.39 Å². The number of benzene rings is 1. The van der Waals surface area contributed by atoms with Crippen LogP contribution in [-0.4, -0.2) is 12.6 Å². The summed E-state index contributed by atoms with van der Waals surface area (Å²) in [4.78, 5) is 0. The minimum Gasteiger partial charge on any atom is -0.313 e. The van der Waals surface area contributed by atoms with Crippen LogP contribution in [0.3, 0.4) is 0 Å². The summed E-state index contributed by atoms with van der Waals surface area (Å²) >= 11 is 0. The molecule has 1 N–H and O–H groups in total. The molecule has 4 rings (SSSR count). The lowest BCUT2D eigenvalue weighted by Crippen LogP contribution is -2.50. The molecule has 3 aliphatic rings. The molecule has 0 radical (unpaired) electrons. The van der Waals surface area contributed by atoms with E-state index in [2.05, 4.69) is 5.32 Å². The van der Waals surface area contributed by atoms with E-state index in [1.165, 1.54) is 31.4 Å². The third-order valence-corrected chi connectivity index (χ3v) is 4.17. The van der Waals surface area contributed by atoms with Gasteiger partial charge in [0.25, 0.3) is 0 Å². The average Bonchev–Trinajstić information content (AvgIpc) is 2.34. The van der Waals surface area contributed by atoms with E-state index in [0.717, 1.165) is 18.3 Å². The van der Waals surface area contributed by atoms with E-state index in [9.17, 15) is 4.39 Å². The van der Waals surface area contributed by atoms with Crippen molar-refractivity contribution in [2.75, 3.05) is 6.54 Å². The maximum absolute atomic E-state index is 12.8. The second kappa shape index (κ2) is 4.17. The number of fused-ring (bicyclic) bond motifs is 3. The van der Waals surface area contributed by atoms with Gasteiger partial charge in [-0.25, -0.2) is 4.39 Å². The molecule has 2 saturated heterocycles. The molecule has 1 saturated carbocycles. The lowest BCUT2D eigenvalue weighted by Gasteiger charge is -2.43. The van der Waals surface area contributed by atoms with Crippen molar-refractivity contribution in [2.45, 2.75) is 31.7 Å².